The average molecular weight is 619 g/mol. The number of nitrogens with zero attached hydrogens (tertiary/aromatic N) is 4. The zero-order chi connectivity index (χ0) is 30.4. The van der Waals surface area contributed by atoms with Crippen molar-refractivity contribution >= 4 is 23.2 Å². The number of aromatic nitrogens is 3. The Labute approximate surface area is 266 Å². The lowest BCUT2D eigenvalue weighted by Gasteiger charge is -2.48. The Hall–Kier alpha value is -3.10. The highest BCUT2D eigenvalue weighted by Crippen LogP contribution is 2.47. The molecule has 3 aliphatic rings. The molecular weight excluding hydrogens is 572 g/mol. The first-order valence-electron chi connectivity index (χ1n) is 16.6. The van der Waals surface area contributed by atoms with E-state index in [1.165, 1.54) is 32.1 Å². The van der Waals surface area contributed by atoms with Crippen LogP contribution in [0.3, 0.4) is 0 Å². The topological polar surface area (TPSA) is 95.3 Å². The summed E-state index contributed by atoms with van der Waals surface area (Å²) < 4.78 is 2.02. The molecule has 3 N–H and O–H groups in total. The summed E-state index contributed by atoms with van der Waals surface area (Å²) in [6.45, 7) is 2.48. The van der Waals surface area contributed by atoms with Gasteiger partial charge in [-0.25, -0.2) is 4.98 Å². The Kier molecular flexibility index (Phi) is 10.1. The highest BCUT2D eigenvalue weighted by molar-refractivity contribution is 6.30. The average Bonchev–Trinajstić information content (AvgIpc) is 3.57. The van der Waals surface area contributed by atoms with Crippen LogP contribution >= 0.6 is 11.6 Å². The lowest BCUT2D eigenvalue weighted by Crippen LogP contribution is -2.55. The second-order valence-electron chi connectivity index (χ2n) is 13.4. The summed E-state index contributed by atoms with van der Waals surface area (Å²) in [6.07, 6.45) is 16.6. The standard InChI is InChI=1S/C35H47ClN6O2/c36-28-12-10-26(11-13-28)22-32(40-30-16-14-29(15-17-30)39-31-8-4-5-9-33(31)43)34(44)41-20-18-35(19-21-41,23-42-25-37-24-38-42)27-6-2-1-3-7-27/h4-5,8-13,24-25,27,29-30,32,39-40,43H,1-3,6-7,14-23H2/t29-,30+,32-/m1/s1. The number of carbonyl (C=O) groups is 1. The molecule has 1 atom stereocenters. The number of phenols is 1. The number of hydrogen-bond donors (Lipinski definition) is 3. The number of phenolic OH excluding ortho intramolecular Hbond substituents is 1. The number of hydrogen-bond acceptors (Lipinski definition) is 6. The number of anilines is 1. The molecule has 1 aliphatic heterocycles. The molecule has 0 bridgehead atoms. The van der Waals surface area contributed by atoms with Crippen molar-refractivity contribution in [2.75, 3.05) is 18.4 Å². The minimum Gasteiger partial charge on any atom is -0.506 e. The van der Waals surface area contributed by atoms with E-state index in [9.17, 15) is 9.90 Å². The number of likely N-dealkylation sites (tertiary alicyclic amines) is 1. The first-order valence-corrected chi connectivity index (χ1v) is 17.0. The fraction of sp³-hybridized carbons (Fsp3) is 0.571. The smallest absolute Gasteiger partial charge is 0.240 e. The number of halogens is 1. The summed E-state index contributed by atoms with van der Waals surface area (Å²) in [5, 5.41) is 22.7. The zero-order valence-electron chi connectivity index (χ0n) is 25.7. The molecular formula is C35H47ClN6O2. The van der Waals surface area contributed by atoms with Crippen molar-refractivity contribution in [3.05, 3.63) is 71.8 Å². The van der Waals surface area contributed by atoms with Crippen LogP contribution in [0.4, 0.5) is 5.69 Å². The largest absolute Gasteiger partial charge is 0.506 e. The molecule has 0 spiro atoms. The summed E-state index contributed by atoms with van der Waals surface area (Å²) in [4.78, 5) is 20.6. The van der Waals surface area contributed by atoms with E-state index in [-0.39, 0.29) is 29.2 Å². The van der Waals surface area contributed by atoms with Crippen LogP contribution in [0, 0.1) is 11.3 Å². The number of piperidine rings is 1. The number of rotatable bonds is 10. The molecule has 1 aromatic heterocycles. The van der Waals surface area contributed by atoms with Gasteiger partial charge >= 0.3 is 0 Å². The molecule has 2 heterocycles. The molecule has 0 radical (unpaired) electrons. The van der Waals surface area contributed by atoms with Crippen molar-refractivity contribution < 1.29 is 9.90 Å². The van der Waals surface area contributed by atoms with Gasteiger partial charge in [-0.3, -0.25) is 9.48 Å². The van der Waals surface area contributed by atoms with Crippen LogP contribution in [0.2, 0.25) is 5.02 Å². The summed E-state index contributed by atoms with van der Waals surface area (Å²) in [7, 11) is 0. The molecule has 2 saturated carbocycles. The van der Waals surface area contributed by atoms with E-state index in [2.05, 4.69) is 25.6 Å². The first-order chi connectivity index (χ1) is 21.5. The SMILES string of the molecule is O=C([C@@H](Cc1ccc(Cl)cc1)N[C@H]1CC[C@@H](Nc2ccccc2O)CC1)N1CCC(Cn2cncn2)(C2CCCCC2)CC1. The number of para-hydroxylation sites is 2. The van der Waals surface area contributed by atoms with E-state index < -0.39 is 0 Å². The van der Waals surface area contributed by atoms with Crippen LogP contribution in [-0.4, -0.2) is 61.9 Å². The van der Waals surface area contributed by atoms with E-state index in [4.69, 9.17) is 11.6 Å². The van der Waals surface area contributed by atoms with Crippen LogP contribution < -0.4 is 10.6 Å². The highest BCUT2D eigenvalue weighted by atomic mass is 35.5. The quantitative estimate of drug-likeness (QED) is 0.226. The normalized spacial score (nSPS) is 23.2. The summed E-state index contributed by atoms with van der Waals surface area (Å²) in [5.41, 5.74) is 2.08. The molecule has 3 fully saturated rings. The van der Waals surface area contributed by atoms with Crippen molar-refractivity contribution in [3.63, 3.8) is 0 Å². The van der Waals surface area contributed by atoms with Gasteiger partial charge in [0, 0.05) is 36.7 Å². The maximum absolute atomic E-state index is 14.3. The van der Waals surface area contributed by atoms with Crippen LogP contribution in [-0.2, 0) is 17.8 Å². The van der Waals surface area contributed by atoms with E-state index in [1.54, 1.807) is 12.4 Å². The molecule has 1 amide bonds. The highest BCUT2D eigenvalue weighted by Gasteiger charge is 2.44. The Morgan fingerprint density at radius 1 is 0.955 bits per heavy atom. The number of aromatic hydroxyl groups is 1. The minimum atomic E-state index is -0.277. The van der Waals surface area contributed by atoms with E-state index >= 15 is 0 Å². The van der Waals surface area contributed by atoms with Crippen LogP contribution in [0.15, 0.2) is 61.2 Å². The molecule has 8 nitrogen and oxygen atoms in total. The Balaban J connectivity index is 1.11. The summed E-state index contributed by atoms with van der Waals surface area (Å²) in [5.74, 6) is 1.19. The van der Waals surface area contributed by atoms with Gasteiger partial charge < -0.3 is 20.6 Å². The van der Waals surface area contributed by atoms with Gasteiger partial charge in [-0.05, 0) is 98.9 Å². The fourth-order valence-corrected chi connectivity index (χ4v) is 8.14. The first kappa shape index (κ1) is 30.9. The lowest BCUT2D eigenvalue weighted by atomic mass is 9.63. The van der Waals surface area contributed by atoms with Gasteiger partial charge in [0.15, 0.2) is 0 Å². The molecule has 6 rings (SSSR count). The molecule has 2 aliphatic carbocycles. The van der Waals surface area contributed by atoms with Crippen molar-refractivity contribution in [2.24, 2.45) is 11.3 Å². The van der Waals surface area contributed by atoms with Gasteiger partial charge in [0.25, 0.3) is 0 Å². The van der Waals surface area contributed by atoms with Gasteiger partial charge in [0.2, 0.25) is 5.91 Å². The Bertz CT molecular complexity index is 1330. The van der Waals surface area contributed by atoms with Crippen molar-refractivity contribution in [2.45, 2.75) is 102 Å². The van der Waals surface area contributed by atoms with Crippen LogP contribution in [0.25, 0.3) is 0 Å². The fourth-order valence-electron chi connectivity index (χ4n) is 8.02. The Morgan fingerprint density at radius 3 is 2.34 bits per heavy atom. The van der Waals surface area contributed by atoms with Crippen LogP contribution in [0.5, 0.6) is 5.75 Å². The Morgan fingerprint density at radius 2 is 1.66 bits per heavy atom. The molecule has 44 heavy (non-hydrogen) atoms. The number of benzene rings is 2. The van der Waals surface area contributed by atoms with Gasteiger partial charge in [0.1, 0.15) is 18.4 Å². The predicted molar refractivity (Wildman–Crippen MR) is 175 cm³/mol. The van der Waals surface area contributed by atoms with Crippen LogP contribution in [0.1, 0.15) is 76.2 Å². The minimum absolute atomic E-state index is 0.169. The van der Waals surface area contributed by atoms with Gasteiger partial charge in [0.05, 0.1) is 11.7 Å². The predicted octanol–water partition coefficient (Wildman–Crippen LogP) is 6.45. The number of nitrogens with one attached hydrogen (secondary N) is 2. The summed E-state index contributed by atoms with van der Waals surface area (Å²) in [6, 6.07) is 15.6. The third-order valence-corrected chi connectivity index (χ3v) is 10.8. The van der Waals surface area contributed by atoms with Gasteiger partial charge in [-0.2, -0.15) is 5.10 Å². The molecule has 9 heteroatoms. The second kappa shape index (κ2) is 14.3. The molecule has 1 saturated heterocycles. The number of amides is 1. The monoisotopic (exact) mass is 618 g/mol. The van der Waals surface area contributed by atoms with E-state index in [0.29, 0.717) is 23.4 Å². The molecule has 3 aromatic rings. The number of carbonyl (C=O) groups excluding carboxylic acids is 1. The third-order valence-electron chi connectivity index (χ3n) is 10.6. The van der Waals surface area contributed by atoms with Crippen molar-refractivity contribution in [1.82, 2.24) is 25.0 Å². The van der Waals surface area contributed by atoms with Crippen molar-refractivity contribution in [1.29, 1.82) is 0 Å². The van der Waals surface area contributed by atoms with Crippen molar-refractivity contribution in [3.8, 4) is 5.75 Å². The maximum Gasteiger partial charge on any atom is 0.240 e. The maximum atomic E-state index is 14.3. The third kappa shape index (κ3) is 7.57. The molecule has 2 aromatic carbocycles. The second-order valence-corrected chi connectivity index (χ2v) is 13.8. The van der Waals surface area contributed by atoms with Gasteiger partial charge in [-0.1, -0.05) is 55.1 Å². The zero-order valence-corrected chi connectivity index (χ0v) is 26.5. The lowest BCUT2D eigenvalue weighted by molar-refractivity contribution is -0.137. The van der Waals surface area contributed by atoms with E-state index in [0.717, 1.165) is 69.4 Å². The summed E-state index contributed by atoms with van der Waals surface area (Å²) >= 11 is 6.19. The molecule has 236 valence electrons. The molecule has 0 unspecified atom stereocenters. The van der Waals surface area contributed by atoms with E-state index in [1.807, 2.05) is 53.5 Å². The van der Waals surface area contributed by atoms with Gasteiger partial charge in [-0.15, -0.1) is 0 Å².